The Kier molecular flexibility index (Phi) is 3.50. The minimum Gasteiger partial charge on any atom is -0.347 e. The number of nitrogens with zero attached hydrogens (tertiary/aromatic N) is 1. The summed E-state index contributed by atoms with van der Waals surface area (Å²) in [7, 11) is 0. The molecule has 3 rings (SSSR count). The zero-order valence-electron chi connectivity index (χ0n) is 12.5. The number of hydrogen-bond donors (Lipinski definition) is 0. The third-order valence-corrected chi connectivity index (χ3v) is 4.71. The molecule has 1 aromatic carbocycles. The number of rotatable bonds is 2. The highest BCUT2D eigenvalue weighted by molar-refractivity contribution is 5.24. The van der Waals surface area contributed by atoms with Crippen LogP contribution in [0.15, 0.2) is 30.3 Å². The summed E-state index contributed by atoms with van der Waals surface area (Å²) in [4.78, 5) is 11.6. The van der Waals surface area contributed by atoms with E-state index in [1.807, 2.05) is 44.2 Å². The fourth-order valence-corrected chi connectivity index (χ4v) is 4.01. The molecule has 21 heavy (non-hydrogen) atoms. The molecule has 1 aliphatic heterocycles. The second kappa shape index (κ2) is 5.07. The molecule has 1 saturated heterocycles. The smallest absolute Gasteiger partial charge is 0.225 e. The Labute approximate surface area is 124 Å². The molecule has 5 nitrogen and oxygen atoms in total. The summed E-state index contributed by atoms with van der Waals surface area (Å²) in [6.45, 7) is 5.03. The predicted octanol–water partition coefficient (Wildman–Crippen LogP) is 2.98. The highest BCUT2D eigenvalue weighted by Gasteiger charge is 2.58. The standard InChI is InChI=1S/C16H21NO4/c1-15(2)11-16(20-8-9-21-16)10-13(14(15)17(18)19)12-6-4-3-5-7-12/h3-7,13-14H,8-11H2,1-2H3. The molecule has 0 amide bonds. The van der Waals surface area contributed by atoms with Crippen molar-refractivity contribution >= 4 is 0 Å². The first-order valence-corrected chi connectivity index (χ1v) is 7.40. The summed E-state index contributed by atoms with van der Waals surface area (Å²) in [5.74, 6) is -0.848. The Morgan fingerprint density at radius 3 is 2.38 bits per heavy atom. The number of ether oxygens (including phenoxy) is 2. The van der Waals surface area contributed by atoms with Crippen molar-refractivity contribution in [2.24, 2.45) is 5.41 Å². The van der Waals surface area contributed by atoms with E-state index in [0.717, 1.165) is 5.56 Å². The maximum Gasteiger partial charge on any atom is 0.225 e. The highest BCUT2D eigenvalue weighted by atomic mass is 16.7. The first-order valence-electron chi connectivity index (χ1n) is 7.40. The van der Waals surface area contributed by atoms with Crippen molar-refractivity contribution in [2.45, 2.75) is 44.4 Å². The van der Waals surface area contributed by atoms with Crippen LogP contribution in [0.25, 0.3) is 0 Å². The van der Waals surface area contributed by atoms with Gasteiger partial charge in [-0.05, 0) is 5.56 Å². The molecule has 0 aromatic heterocycles. The first-order chi connectivity index (χ1) is 9.94. The van der Waals surface area contributed by atoms with Crippen molar-refractivity contribution in [2.75, 3.05) is 13.2 Å². The largest absolute Gasteiger partial charge is 0.347 e. The van der Waals surface area contributed by atoms with Crippen LogP contribution in [-0.2, 0) is 9.47 Å². The topological polar surface area (TPSA) is 61.6 Å². The second-order valence-electron chi connectivity index (χ2n) is 6.72. The molecular formula is C16H21NO4. The average molecular weight is 291 g/mol. The van der Waals surface area contributed by atoms with Crippen LogP contribution in [0.3, 0.4) is 0 Å². The lowest BCUT2D eigenvalue weighted by atomic mass is 9.64. The van der Waals surface area contributed by atoms with Crippen LogP contribution in [0.4, 0.5) is 0 Å². The monoisotopic (exact) mass is 291 g/mol. The molecule has 0 N–H and O–H groups in total. The van der Waals surface area contributed by atoms with Crippen LogP contribution in [0.5, 0.6) is 0 Å². The molecule has 1 saturated carbocycles. The van der Waals surface area contributed by atoms with Gasteiger partial charge >= 0.3 is 0 Å². The molecule has 2 aliphatic rings. The molecule has 5 heteroatoms. The maximum atomic E-state index is 11.7. The van der Waals surface area contributed by atoms with E-state index >= 15 is 0 Å². The Morgan fingerprint density at radius 1 is 1.19 bits per heavy atom. The van der Waals surface area contributed by atoms with Gasteiger partial charge < -0.3 is 9.47 Å². The van der Waals surface area contributed by atoms with E-state index in [1.54, 1.807) is 0 Å². The Bertz CT molecular complexity index is 522. The zero-order valence-corrected chi connectivity index (χ0v) is 12.5. The zero-order chi connectivity index (χ0) is 15.1. The Morgan fingerprint density at radius 2 is 1.81 bits per heavy atom. The maximum absolute atomic E-state index is 11.7. The van der Waals surface area contributed by atoms with Crippen LogP contribution in [0.1, 0.15) is 38.2 Å². The Balaban J connectivity index is 2.01. The number of nitro groups is 1. The van der Waals surface area contributed by atoms with E-state index in [9.17, 15) is 10.1 Å². The molecule has 2 atom stereocenters. The van der Waals surface area contributed by atoms with Crippen molar-refractivity contribution in [3.05, 3.63) is 46.0 Å². The average Bonchev–Trinajstić information content (AvgIpc) is 2.85. The van der Waals surface area contributed by atoms with Gasteiger partial charge in [0.1, 0.15) is 0 Å². The summed E-state index contributed by atoms with van der Waals surface area (Å²) in [6, 6.07) is 9.08. The van der Waals surface area contributed by atoms with Crippen LogP contribution in [-0.4, -0.2) is 30.0 Å². The van der Waals surface area contributed by atoms with Crippen molar-refractivity contribution in [3.8, 4) is 0 Å². The van der Waals surface area contributed by atoms with Gasteiger partial charge in [-0.1, -0.05) is 44.2 Å². The van der Waals surface area contributed by atoms with E-state index in [4.69, 9.17) is 9.47 Å². The molecule has 2 unspecified atom stereocenters. The summed E-state index contributed by atoms with van der Waals surface area (Å²) in [5.41, 5.74) is 0.512. The van der Waals surface area contributed by atoms with E-state index < -0.39 is 17.2 Å². The lowest BCUT2D eigenvalue weighted by Crippen LogP contribution is -2.53. The van der Waals surface area contributed by atoms with Crippen molar-refractivity contribution < 1.29 is 14.4 Å². The third-order valence-electron chi connectivity index (χ3n) is 4.71. The van der Waals surface area contributed by atoms with Crippen LogP contribution in [0, 0.1) is 15.5 Å². The van der Waals surface area contributed by atoms with Crippen LogP contribution in [0.2, 0.25) is 0 Å². The summed E-state index contributed by atoms with van der Waals surface area (Å²) >= 11 is 0. The van der Waals surface area contributed by atoms with E-state index in [1.165, 1.54) is 0 Å². The van der Waals surface area contributed by atoms with Crippen molar-refractivity contribution in [3.63, 3.8) is 0 Å². The van der Waals surface area contributed by atoms with Gasteiger partial charge in [0.05, 0.1) is 19.1 Å². The van der Waals surface area contributed by atoms with Gasteiger partial charge in [-0.15, -0.1) is 0 Å². The van der Waals surface area contributed by atoms with Gasteiger partial charge in [0.25, 0.3) is 0 Å². The highest BCUT2D eigenvalue weighted by Crippen LogP contribution is 2.52. The molecule has 1 aliphatic carbocycles. The van der Waals surface area contributed by atoms with Crippen molar-refractivity contribution in [1.82, 2.24) is 0 Å². The second-order valence-corrected chi connectivity index (χ2v) is 6.72. The lowest BCUT2D eigenvalue weighted by Gasteiger charge is -2.46. The number of hydrogen-bond acceptors (Lipinski definition) is 4. The minimum atomic E-state index is -0.656. The van der Waals surface area contributed by atoms with E-state index in [-0.39, 0.29) is 10.8 Å². The number of benzene rings is 1. The fraction of sp³-hybridized carbons (Fsp3) is 0.625. The van der Waals surface area contributed by atoms with Gasteiger partial charge in [0, 0.05) is 23.2 Å². The van der Waals surface area contributed by atoms with Crippen molar-refractivity contribution in [1.29, 1.82) is 0 Å². The van der Waals surface area contributed by atoms with Gasteiger partial charge in [-0.25, -0.2) is 0 Å². The van der Waals surface area contributed by atoms with Gasteiger partial charge in [-0.3, -0.25) is 10.1 Å². The molecule has 1 spiro atoms. The van der Waals surface area contributed by atoms with Gasteiger partial charge in [0.15, 0.2) is 5.79 Å². The van der Waals surface area contributed by atoms with Crippen LogP contribution >= 0.6 is 0 Å². The first kappa shape index (κ1) is 14.5. The summed E-state index contributed by atoms with van der Waals surface area (Å²) in [5, 5.41) is 11.7. The SMILES string of the molecule is CC1(C)CC2(CC(c3ccccc3)C1[N+](=O)[O-])OCCO2. The summed E-state index contributed by atoms with van der Waals surface area (Å²) in [6.07, 6.45) is 1.11. The third kappa shape index (κ3) is 2.56. The quantitative estimate of drug-likeness (QED) is 0.621. The van der Waals surface area contributed by atoms with Gasteiger partial charge in [0.2, 0.25) is 6.04 Å². The Hall–Kier alpha value is -1.46. The molecule has 2 fully saturated rings. The van der Waals surface area contributed by atoms with E-state index in [2.05, 4.69) is 0 Å². The lowest BCUT2D eigenvalue weighted by molar-refractivity contribution is -0.553. The van der Waals surface area contributed by atoms with Crippen LogP contribution < -0.4 is 0 Å². The predicted molar refractivity (Wildman–Crippen MR) is 77.6 cm³/mol. The molecule has 114 valence electrons. The minimum absolute atomic E-state index is 0.126. The molecule has 1 heterocycles. The van der Waals surface area contributed by atoms with Gasteiger partial charge in [-0.2, -0.15) is 0 Å². The molecular weight excluding hydrogens is 270 g/mol. The van der Waals surface area contributed by atoms with E-state index in [0.29, 0.717) is 26.1 Å². The fourth-order valence-electron chi connectivity index (χ4n) is 4.01. The molecule has 0 bridgehead atoms. The molecule has 0 radical (unpaired) electrons. The normalized spacial score (nSPS) is 30.4. The summed E-state index contributed by atoms with van der Waals surface area (Å²) < 4.78 is 11.7. The molecule has 1 aromatic rings.